The van der Waals surface area contributed by atoms with Crippen molar-refractivity contribution < 1.29 is 14.3 Å². The molecule has 29 heavy (non-hydrogen) atoms. The van der Waals surface area contributed by atoms with Gasteiger partial charge in [-0.1, -0.05) is 33.3 Å². The van der Waals surface area contributed by atoms with Gasteiger partial charge in [0.15, 0.2) is 14.1 Å². The van der Waals surface area contributed by atoms with Crippen LogP contribution < -0.4 is 0 Å². The van der Waals surface area contributed by atoms with Gasteiger partial charge in [0.05, 0.1) is 6.10 Å². The Labute approximate surface area is 178 Å². The Morgan fingerprint density at radius 2 is 1.93 bits per heavy atom. The SMILES string of the molecule is CC(C)(C)[Si](C)(C)O[C@H]1CC[C@H]2[C@@H]3[C@H](CO)CC4=CC(=O)CC[C@@H]4[C@H]3CC[C@]12C. The van der Waals surface area contributed by atoms with E-state index in [0.717, 1.165) is 19.3 Å². The van der Waals surface area contributed by atoms with Crippen LogP contribution in [-0.4, -0.2) is 31.9 Å². The molecule has 4 heteroatoms. The van der Waals surface area contributed by atoms with Gasteiger partial charge < -0.3 is 9.53 Å². The van der Waals surface area contributed by atoms with E-state index < -0.39 is 8.32 Å². The van der Waals surface area contributed by atoms with Crippen LogP contribution in [0.25, 0.3) is 0 Å². The van der Waals surface area contributed by atoms with Crippen molar-refractivity contribution in [2.75, 3.05) is 6.61 Å². The summed E-state index contributed by atoms with van der Waals surface area (Å²) in [5.74, 6) is 3.13. The number of aliphatic hydroxyl groups is 1. The highest BCUT2D eigenvalue weighted by molar-refractivity contribution is 6.74. The summed E-state index contributed by atoms with van der Waals surface area (Å²) in [5.41, 5.74) is 1.60. The highest BCUT2D eigenvalue weighted by Crippen LogP contribution is 2.64. The third kappa shape index (κ3) is 3.51. The first-order chi connectivity index (χ1) is 13.5. The molecular formula is C25H42O3Si. The largest absolute Gasteiger partial charge is 0.413 e. The van der Waals surface area contributed by atoms with Crippen LogP contribution in [0.3, 0.4) is 0 Å². The molecule has 0 spiro atoms. The first kappa shape index (κ1) is 21.8. The van der Waals surface area contributed by atoms with E-state index in [0.29, 0.717) is 41.5 Å². The minimum atomic E-state index is -1.79. The zero-order chi connectivity index (χ0) is 21.2. The lowest BCUT2D eigenvalue weighted by atomic mass is 9.49. The van der Waals surface area contributed by atoms with Crippen molar-refractivity contribution in [3.05, 3.63) is 11.6 Å². The highest BCUT2D eigenvalue weighted by Gasteiger charge is 2.59. The zero-order valence-electron chi connectivity index (χ0n) is 19.5. The number of carbonyl (C=O) groups excluding carboxylic acids is 1. The third-order valence-electron chi connectivity index (χ3n) is 9.86. The van der Waals surface area contributed by atoms with Crippen LogP contribution in [0.1, 0.15) is 72.6 Å². The van der Waals surface area contributed by atoms with Gasteiger partial charge in [-0.15, -0.1) is 0 Å². The topological polar surface area (TPSA) is 46.5 Å². The number of ketones is 1. The van der Waals surface area contributed by atoms with Gasteiger partial charge in [0.2, 0.25) is 0 Å². The fraction of sp³-hybridized carbons (Fsp3) is 0.880. The molecule has 0 saturated heterocycles. The number of hydrogen-bond acceptors (Lipinski definition) is 3. The molecule has 4 aliphatic rings. The summed E-state index contributed by atoms with van der Waals surface area (Å²) in [6.07, 6.45) is 9.93. The second-order valence-corrected chi connectivity index (χ2v) is 17.1. The van der Waals surface area contributed by atoms with Gasteiger partial charge >= 0.3 is 0 Å². The molecule has 0 amide bonds. The lowest BCUT2D eigenvalue weighted by Gasteiger charge is -2.57. The van der Waals surface area contributed by atoms with E-state index in [9.17, 15) is 9.90 Å². The molecule has 0 aliphatic heterocycles. The molecule has 0 unspecified atom stereocenters. The summed E-state index contributed by atoms with van der Waals surface area (Å²) in [5, 5.41) is 10.6. The Bertz CT molecular complexity index is 691. The summed E-state index contributed by atoms with van der Waals surface area (Å²) in [6.45, 7) is 14.6. The maximum absolute atomic E-state index is 12.0. The Kier molecular flexibility index (Phi) is 5.48. The highest BCUT2D eigenvalue weighted by atomic mass is 28.4. The van der Waals surface area contributed by atoms with Crippen molar-refractivity contribution in [1.29, 1.82) is 0 Å². The molecule has 1 N–H and O–H groups in total. The second kappa shape index (κ2) is 7.31. The van der Waals surface area contributed by atoms with Gasteiger partial charge in [-0.2, -0.15) is 0 Å². The maximum Gasteiger partial charge on any atom is 0.192 e. The lowest BCUT2D eigenvalue weighted by Crippen LogP contribution is -2.54. The summed E-state index contributed by atoms with van der Waals surface area (Å²) in [6, 6.07) is 0. The summed E-state index contributed by atoms with van der Waals surface area (Å²) >= 11 is 0. The fourth-order valence-electron chi connectivity index (χ4n) is 7.24. The standard InChI is InChI=1S/C25H42O3Si/c1-24(2,3)29(5,6)28-22-10-9-21-23-17(15-26)13-16-14-18(27)7-8-19(16)20(23)11-12-25(21,22)4/h14,17,19-23,26H,7-13,15H2,1-6H3/t17-,19-,20+,21-,22-,23+,25-/m0/s1. The van der Waals surface area contributed by atoms with E-state index in [1.54, 1.807) is 0 Å². The molecular weight excluding hydrogens is 376 g/mol. The van der Waals surface area contributed by atoms with E-state index >= 15 is 0 Å². The van der Waals surface area contributed by atoms with Crippen molar-refractivity contribution in [3.63, 3.8) is 0 Å². The minimum absolute atomic E-state index is 0.242. The molecule has 3 saturated carbocycles. The zero-order valence-corrected chi connectivity index (χ0v) is 20.5. The quantitative estimate of drug-likeness (QED) is 0.595. The molecule has 4 rings (SSSR count). The van der Waals surface area contributed by atoms with Crippen LogP contribution >= 0.6 is 0 Å². The smallest absolute Gasteiger partial charge is 0.192 e. The Hall–Kier alpha value is -0.453. The lowest BCUT2D eigenvalue weighted by molar-refractivity contribution is -0.117. The number of rotatable bonds is 3. The van der Waals surface area contributed by atoms with E-state index in [-0.39, 0.29) is 17.1 Å². The molecule has 0 aromatic carbocycles. The van der Waals surface area contributed by atoms with Crippen LogP contribution in [0.5, 0.6) is 0 Å². The number of aliphatic hydroxyl groups excluding tert-OH is 1. The van der Waals surface area contributed by atoms with Gasteiger partial charge in [0.25, 0.3) is 0 Å². The Morgan fingerprint density at radius 1 is 1.21 bits per heavy atom. The van der Waals surface area contributed by atoms with Gasteiger partial charge in [-0.3, -0.25) is 4.79 Å². The first-order valence-electron chi connectivity index (χ1n) is 12.0. The summed E-state index contributed by atoms with van der Waals surface area (Å²) in [4.78, 5) is 12.0. The first-order valence-corrected chi connectivity index (χ1v) is 14.9. The van der Waals surface area contributed by atoms with Gasteiger partial charge in [0.1, 0.15) is 0 Å². The van der Waals surface area contributed by atoms with Crippen LogP contribution in [0.4, 0.5) is 0 Å². The molecule has 0 heterocycles. The number of carbonyl (C=O) groups is 1. The van der Waals surface area contributed by atoms with E-state index in [1.807, 2.05) is 6.08 Å². The van der Waals surface area contributed by atoms with Crippen molar-refractivity contribution in [1.82, 2.24) is 0 Å². The predicted molar refractivity (Wildman–Crippen MR) is 120 cm³/mol. The molecule has 7 atom stereocenters. The second-order valence-electron chi connectivity index (χ2n) is 12.3. The van der Waals surface area contributed by atoms with Gasteiger partial charge in [-0.05, 0) is 97.7 Å². The molecule has 0 bridgehead atoms. The third-order valence-corrected chi connectivity index (χ3v) is 14.3. The number of allylic oxidation sites excluding steroid dienone is 1. The number of fused-ring (bicyclic) bond motifs is 5. The summed E-state index contributed by atoms with van der Waals surface area (Å²) < 4.78 is 7.03. The maximum atomic E-state index is 12.0. The Morgan fingerprint density at radius 3 is 2.59 bits per heavy atom. The number of hydrogen-bond donors (Lipinski definition) is 1. The van der Waals surface area contributed by atoms with Crippen LogP contribution in [-0.2, 0) is 9.22 Å². The molecule has 164 valence electrons. The van der Waals surface area contributed by atoms with Gasteiger partial charge in [-0.25, -0.2) is 0 Å². The molecule has 0 aromatic heterocycles. The molecule has 3 fully saturated rings. The van der Waals surface area contributed by atoms with Crippen molar-refractivity contribution in [3.8, 4) is 0 Å². The average molecular weight is 419 g/mol. The predicted octanol–water partition coefficient (Wildman–Crippen LogP) is 5.74. The monoisotopic (exact) mass is 418 g/mol. The van der Waals surface area contributed by atoms with E-state index in [2.05, 4.69) is 40.8 Å². The fourth-order valence-corrected chi connectivity index (χ4v) is 8.70. The van der Waals surface area contributed by atoms with Crippen molar-refractivity contribution >= 4 is 14.1 Å². The normalized spacial score (nSPS) is 42.7. The average Bonchev–Trinajstić information content (AvgIpc) is 2.95. The van der Waals surface area contributed by atoms with Gasteiger partial charge in [0, 0.05) is 13.0 Å². The van der Waals surface area contributed by atoms with Crippen LogP contribution in [0, 0.1) is 35.0 Å². The molecule has 0 radical (unpaired) electrons. The van der Waals surface area contributed by atoms with E-state index in [4.69, 9.17) is 4.43 Å². The molecule has 4 aliphatic carbocycles. The van der Waals surface area contributed by atoms with E-state index in [1.165, 1.54) is 31.3 Å². The van der Waals surface area contributed by atoms with Crippen LogP contribution in [0.2, 0.25) is 18.1 Å². The van der Waals surface area contributed by atoms with Crippen molar-refractivity contribution in [2.24, 2.45) is 35.0 Å². The van der Waals surface area contributed by atoms with Crippen molar-refractivity contribution in [2.45, 2.75) is 96.9 Å². The minimum Gasteiger partial charge on any atom is -0.413 e. The molecule has 0 aromatic rings. The van der Waals surface area contributed by atoms with Crippen LogP contribution in [0.15, 0.2) is 11.6 Å². The summed E-state index contributed by atoms with van der Waals surface area (Å²) in [7, 11) is -1.79. The molecule has 3 nitrogen and oxygen atoms in total. The Balaban J connectivity index is 1.60.